The van der Waals surface area contributed by atoms with Gasteiger partial charge in [0.25, 0.3) is 0 Å². The first-order chi connectivity index (χ1) is 11.8. The van der Waals surface area contributed by atoms with Gasteiger partial charge in [-0.3, -0.25) is 15.5 Å². The van der Waals surface area contributed by atoms with Gasteiger partial charge in [0.1, 0.15) is 0 Å². The minimum absolute atomic E-state index is 0.0773. The van der Waals surface area contributed by atoms with Crippen molar-refractivity contribution in [3.05, 3.63) is 61.6 Å². The highest BCUT2D eigenvalue weighted by atomic mass is 35.5. The van der Waals surface area contributed by atoms with Crippen LogP contribution in [0, 0.1) is 17.0 Å². The van der Waals surface area contributed by atoms with Gasteiger partial charge in [-0.25, -0.2) is 0 Å². The minimum Gasteiger partial charge on any atom is -0.502 e. The highest BCUT2D eigenvalue weighted by Crippen LogP contribution is 2.32. The van der Waals surface area contributed by atoms with Crippen LogP contribution in [0.25, 0.3) is 0 Å². The van der Waals surface area contributed by atoms with Gasteiger partial charge in [0.2, 0.25) is 5.75 Å². The van der Waals surface area contributed by atoms with Crippen molar-refractivity contribution < 1.29 is 10.0 Å². The molecular weight excluding hydrogens is 387 g/mol. The molecule has 130 valence electrons. The molecule has 7 nitrogen and oxygen atoms in total. The van der Waals surface area contributed by atoms with E-state index >= 15 is 0 Å². The maximum absolute atomic E-state index is 10.9. The lowest BCUT2D eigenvalue weighted by Gasteiger charge is -2.10. The largest absolute Gasteiger partial charge is 0.502 e. The van der Waals surface area contributed by atoms with Gasteiger partial charge < -0.3 is 10.4 Å². The molecule has 2 aromatic carbocycles. The molecule has 0 atom stereocenters. The first kappa shape index (κ1) is 18.9. The van der Waals surface area contributed by atoms with Crippen LogP contribution in [0.5, 0.6) is 5.75 Å². The topological polar surface area (TPSA) is 99.8 Å². The predicted molar refractivity (Wildman–Crippen MR) is 103 cm³/mol. The number of rotatable bonds is 4. The number of nitrogens with zero attached hydrogens (tertiary/aromatic N) is 2. The average Bonchev–Trinajstić information content (AvgIpc) is 2.54. The van der Waals surface area contributed by atoms with E-state index in [9.17, 15) is 15.2 Å². The number of hydrogen-bond donors (Lipinski definition) is 3. The second kappa shape index (κ2) is 8.11. The molecule has 2 aromatic rings. The number of benzene rings is 2. The fourth-order valence-corrected chi connectivity index (χ4v) is 2.45. The van der Waals surface area contributed by atoms with Crippen molar-refractivity contribution >= 4 is 58.1 Å². The van der Waals surface area contributed by atoms with Gasteiger partial charge in [-0.05, 0) is 42.9 Å². The number of nitrogens with one attached hydrogen (secondary N) is 2. The molecule has 0 heterocycles. The molecule has 2 rings (SSSR count). The Kier molecular flexibility index (Phi) is 6.13. The standard InChI is InChI=1S/C15H12Cl2N4O3S/c1-8-11(17)3-2-4-12(8)19-15(25)20-18-7-9-5-10(16)6-13(14(9)22)21(23)24/h2-7,22H,1H3,(H2,19,20,25)/b18-7+. The average molecular weight is 399 g/mol. The quantitative estimate of drug-likeness (QED) is 0.308. The van der Waals surface area contributed by atoms with Gasteiger partial charge >= 0.3 is 5.69 Å². The molecule has 0 aliphatic heterocycles. The molecule has 10 heteroatoms. The molecule has 0 aromatic heterocycles. The molecule has 25 heavy (non-hydrogen) atoms. The maximum atomic E-state index is 10.9. The zero-order valence-electron chi connectivity index (χ0n) is 12.8. The van der Waals surface area contributed by atoms with Crippen LogP contribution < -0.4 is 10.7 Å². The number of aromatic hydroxyl groups is 1. The van der Waals surface area contributed by atoms with Crippen molar-refractivity contribution in [2.75, 3.05) is 5.32 Å². The molecule has 0 bridgehead atoms. The second-order valence-corrected chi connectivity index (χ2v) is 6.11. The van der Waals surface area contributed by atoms with Gasteiger partial charge in [0.05, 0.1) is 11.1 Å². The molecule has 0 radical (unpaired) electrons. The number of hydrogen-bond acceptors (Lipinski definition) is 5. The van der Waals surface area contributed by atoms with E-state index in [-0.39, 0.29) is 15.7 Å². The Hall–Kier alpha value is -2.42. The van der Waals surface area contributed by atoms with Crippen LogP contribution in [0.2, 0.25) is 10.0 Å². The SMILES string of the molecule is Cc1c(Cl)cccc1NC(=S)N/N=C/c1cc(Cl)cc([N+](=O)[O-])c1O. The van der Waals surface area contributed by atoms with Crippen LogP contribution in [0.15, 0.2) is 35.4 Å². The fourth-order valence-electron chi connectivity index (χ4n) is 1.90. The lowest BCUT2D eigenvalue weighted by Crippen LogP contribution is -2.24. The van der Waals surface area contributed by atoms with E-state index < -0.39 is 16.4 Å². The molecule has 0 aliphatic carbocycles. The molecular formula is C15H12Cl2N4O3S. The van der Waals surface area contributed by atoms with Gasteiger partial charge in [0, 0.05) is 27.4 Å². The zero-order valence-corrected chi connectivity index (χ0v) is 15.1. The molecule has 0 fully saturated rings. The molecule has 0 spiro atoms. The maximum Gasteiger partial charge on any atom is 0.312 e. The van der Waals surface area contributed by atoms with Crippen molar-refractivity contribution in [2.24, 2.45) is 5.10 Å². The van der Waals surface area contributed by atoms with Crippen LogP contribution in [0.3, 0.4) is 0 Å². The number of thiocarbonyl (C=S) groups is 1. The van der Waals surface area contributed by atoms with E-state index in [1.54, 1.807) is 18.2 Å². The monoisotopic (exact) mass is 398 g/mol. The summed E-state index contributed by atoms with van der Waals surface area (Å²) in [6, 6.07) is 7.71. The number of halogens is 2. The third-order valence-electron chi connectivity index (χ3n) is 3.17. The minimum atomic E-state index is -0.736. The van der Waals surface area contributed by atoms with Crippen molar-refractivity contribution in [3.8, 4) is 5.75 Å². The van der Waals surface area contributed by atoms with Gasteiger partial charge in [-0.15, -0.1) is 0 Å². The number of phenolic OH excluding ortho intramolecular Hbond substituents is 1. The fraction of sp³-hybridized carbons (Fsp3) is 0.0667. The Balaban J connectivity index is 2.09. The van der Waals surface area contributed by atoms with E-state index in [0.717, 1.165) is 11.6 Å². The molecule has 0 aliphatic rings. The number of nitro groups is 1. The normalized spacial score (nSPS) is 10.7. The highest BCUT2D eigenvalue weighted by Gasteiger charge is 2.17. The Morgan fingerprint density at radius 3 is 2.80 bits per heavy atom. The van der Waals surface area contributed by atoms with E-state index in [2.05, 4.69) is 15.8 Å². The van der Waals surface area contributed by atoms with E-state index in [1.165, 1.54) is 12.3 Å². The summed E-state index contributed by atoms with van der Waals surface area (Å²) in [6.07, 6.45) is 1.17. The summed E-state index contributed by atoms with van der Waals surface area (Å²) in [5.74, 6) is -0.537. The summed E-state index contributed by atoms with van der Waals surface area (Å²) < 4.78 is 0. The van der Waals surface area contributed by atoms with E-state index in [0.29, 0.717) is 10.7 Å². The third-order valence-corrected chi connectivity index (χ3v) is 3.99. The first-order valence-electron chi connectivity index (χ1n) is 6.81. The van der Waals surface area contributed by atoms with Crippen LogP contribution in [0.4, 0.5) is 11.4 Å². The summed E-state index contributed by atoms with van der Waals surface area (Å²) in [5.41, 5.74) is 3.64. The number of nitro benzene ring substituents is 1. The van der Waals surface area contributed by atoms with Gasteiger partial charge in [0.15, 0.2) is 5.11 Å². The lowest BCUT2D eigenvalue weighted by molar-refractivity contribution is -0.385. The Labute approximate surface area is 158 Å². The number of hydrazone groups is 1. The second-order valence-electron chi connectivity index (χ2n) is 4.86. The molecule has 0 saturated carbocycles. The molecule has 3 N–H and O–H groups in total. The van der Waals surface area contributed by atoms with Crippen molar-refractivity contribution in [1.82, 2.24) is 5.43 Å². The van der Waals surface area contributed by atoms with E-state index in [1.807, 2.05) is 6.92 Å². The van der Waals surface area contributed by atoms with Crippen molar-refractivity contribution in [3.63, 3.8) is 0 Å². The van der Waals surface area contributed by atoms with Gasteiger partial charge in [-0.1, -0.05) is 29.3 Å². The van der Waals surface area contributed by atoms with Crippen LogP contribution >= 0.6 is 35.4 Å². The first-order valence-corrected chi connectivity index (χ1v) is 7.98. The Bertz CT molecular complexity index is 874. The summed E-state index contributed by atoms with van der Waals surface area (Å²) in [7, 11) is 0. The van der Waals surface area contributed by atoms with Crippen LogP contribution in [-0.2, 0) is 0 Å². The smallest absolute Gasteiger partial charge is 0.312 e. The summed E-state index contributed by atoms with van der Waals surface area (Å²) >= 11 is 16.9. The molecule has 0 amide bonds. The van der Waals surface area contributed by atoms with Gasteiger partial charge in [-0.2, -0.15) is 5.10 Å². The van der Waals surface area contributed by atoms with Crippen molar-refractivity contribution in [1.29, 1.82) is 0 Å². The Morgan fingerprint density at radius 2 is 2.12 bits per heavy atom. The zero-order chi connectivity index (χ0) is 18.6. The number of phenols is 1. The van der Waals surface area contributed by atoms with Crippen LogP contribution in [0.1, 0.15) is 11.1 Å². The number of anilines is 1. The third kappa shape index (κ3) is 4.79. The van der Waals surface area contributed by atoms with Crippen molar-refractivity contribution in [2.45, 2.75) is 6.92 Å². The molecule has 0 unspecified atom stereocenters. The highest BCUT2D eigenvalue weighted by molar-refractivity contribution is 7.80. The predicted octanol–water partition coefficient (Wildman–Crippen LogP) is 4.24. The lowest BCUT2D eigenvalue weighted by atomic mass is 10.2. The Morgan fingerprint density at radius 1 is 1.40 bits per heavy atom. The van der Waals surface area contributed by atoms with Crippen LogP contribution in [-0.4, -0.2) is 21.4 Å². The summed E-state index contributed by atoms with van der Waals surface area (Å²) in [6.45, 7) is 1.83. The van der Waals surface area contributed by atoms with E-state index in [4.69, 9.17) is 35.4 Å². The summed E-state index contributed by atoms with van der Waals surface area (Å²) in [5, 5.41) is 28.3. The summed E-state index contributed by atoms with van der Waals surface area (Å²) in [4.78, 5) is 10.1. The molecule has 0 saturated heterocycles.